The van der Waals surface area contributed by atoms with Gasteiger partial charge in [-0.2, -0.15) is 10.2 Å². The van der Waals surface area contributed by atoms with E-state index in [-0.39, 0.29) is 6.03 Å². The highest BCUT2D eigenvalue weighted by molar-refractivity contribution is 6.20. The molecule has 1 fully saturated rings. The summed E-state index contributed by atoms with van der Waals surface area (Å²) in [4.78, 5) is 16.7. The molecular weight excluding hydrogens is 510 g/mol. The average molecular weight is 538 g/mol. The van der Waals surface area contributed by atoms with Crippen molar-refractivity contribution >= 4 is 28.8 Å². The number of hydrazone groups is 1. The van der Waals surface area contributed by atoms with E-state index in [0.717, 1.165) is 28.2 Å². The van der Waals surface area contributed by atoms with Crippen LogP contribution in [0.5, 0.6) is 5.75 Å². The number of para-hydroxylation sites is 2. The number of carbonyl (C=O) groups excluding carboxylic acids is 1. The zero-order chi connectivity index (χ0) is 27.8. The van der Waals surface area contributed by atoms with E-state index < -0.39 is 5.66 Å². The number of fused-ring (bicyclic) bond motifs is 1. The maximum absolute atomic E-state index is 14.9. The van der Waals surface area contributed by atoms with Crippen LogP contribution in [0.25, 0.3) is 0 Å². The van der Waals surface area contributed by atoms with Gasteiger partial charge in [0.2, 0.25) is 5.66 Å². The summed E-state index contributed by atoms with van der Waals surface area (Å²) in [5.41, 5.74) is 3.60. The summed E-state index contributed by atoms with van der Waals surface area (Å²) in [7, 11) is 1.63. The SMILES string of the molecule is COc1ccc(N2C(=O)N(c3ccccc3)N3N(c4ccccc4)N=C(c4ccccc4)C23c2ccccc2)cc1. The Morgan fingerprint density at radius 1 is 0.610 bits per heavy atom. The van der Waals surface area contributed by atoms with Crippen molar-refractivity contribution < 1.29 is 9.53 Å². The molecule has 5 aromatic carbocycles. The fourth-order valence-corrected chi connectivity index (χ4v) is 5.63. The van der Waals surface area contributed by atoms with Crippen LogP contribution in [0.1, 0.15) is 11.1 Å². The number of benzene rings is 5. The minimum atomic E-state index is -1.17. The molecular formula is C34H27N5O2. The highest BCUT2D eigenvalue weighted by Gasteiger charge is 2.67. The van der Waals surface area contributed by atoms with Crippen molar-refractivity contribution in [3.8, 4) is 5.75 Å². The van der Waals surface area contributed by atoms with Gasteiger partial charge in [-0.3, -0.25) is 4.90 Å². The number of nitrogens with zero attached hydrogens (tertiary/aromatic N) is 5. The quantitative estimate of drug-likeness (QED) is 0.233. The lowest BCUT2D eigenvalue weighted by Crippen LogP contribution is -2.58. The van der Waals surface area contributed by atoms with Crippen molar-refractivity contribution in [2.45, 2.75) is 5.66 Å². The van der Waals surface area contributed by atoms with Gasteiger partial charge in [-0.25, -0.2) is 9.80 Å². The van der Waals surface area contributed by atoms with Crippen LogP contribution in [0.15, 0.2) is 151 Å². The largest absolute Gasteiger partial charge is 0.497 e. The Kier molecular flexibility index (Phi) is 5.99. The molecule has 200 valence electrons. The molecule has 0 N–H and O–H groups in total. The van der Waals surface area contributed by atoms with Gasteiger partial charge < -0.3 is 4.74 Å². The first-order valence-electron chi connectivity index (χ1n) is 13.4. The van der Waals surface area contributed by atoms with Crippen LogP contribution < -0.4 is 19.8 Å². The second-order valence-electron chi connectivity index (χ2n) is 9.73. The summed E-state index contributed by atoms with van der Waals surface area (Å²) >= 11 is 0. The predicted molar refractivity (Wildman–Crippen MR) is 162 cm³/mol. The summed E-state index contributed by atoms with van der Waals surface area (Å²) in [5, 5.41) is 10.8. The molecule has 1 atom stereocenters. The lowest BCUT2D eigenvalue weighted by atomic mass is 9.88. The van der Waals surface area contributed by atoms with Gasteiger partial charge in [-0.05, 0) is 48.5 Å². The summed E-state index contributed by atoms with van der Waals surface area (Å²) in [6, 6.07) is 47.1. The Balaban J connectivity index is 1.58. The van der Waals surface area contributed by atoms with Gasteiger partial charge in [-0.1, -0.05) is 102 Å². The molecule has 2 amide bonds. The number of urea groups is 1. The number of carbonyl (C=O) groups is 1. The van der Waals surface area contributed by atoms with E-state index in [1.165, 1.54) is 0 Å². The van der Waals surface area contributed by atoms with E-state index in [0.29, 0.717) is 11.4 Å². The fraction of sp³-hybridized carbons (Fsp3) is 0.0588. The second-order valence-corrected chi connectivity index (χ2v) is 9.73. The zero-order valence-electron chi connectivity index (χ0n) is 22.4. The molecule has 0 spiro atoms. The standard InChI is InChI=1S/C34H27N5O2/c1-41-31-24-22-28(23-25-31)36-33(40)37(29-18-10-4-11-19-29)39-34(36,27-16-8-3-9-17-27)32(26-14-6-2-7-15-26)35-38(39)30-20-12-5-13-21-30/h2-25H,1H3. The molecule has 5 aromatic rings. The molecule has 7 rings (SSSR count). The first-order valence-corrected chi connectivity index (χ1v) is 13.4. The predicted octanol–water partition coefficient (Wildman–Crippen LogP) is 7.05. The molecule has 0 saturated carbocycles. The minimum absolute atomic E-state index is 0.213. The minimum Gasteiger partial charge on any atom is -0.497 e. The molecule has 0 bridgehead atoms. The molecule has 1 saturated heterocycles. The van der Waals surface area contributed by atoms with Crippen LogP contribution >= 0.6 is 0 Å². The number of rotatable bonds is 6. The fourth-order valence-electron chi connectivity index (χ4n) is 5.63. The molecule has 0 aliphatic carbocycles. The summed E-state index contributed by atoms with van der Waals surface area (Å²) in [6.45, 7) is 0. The van der Waals surface area contributed by atoms with E-state index in [2.05, 4.69) is 12.1 Å². The van der Waals surface area contributed by atoms with Crippen molar-refractivity contribution in [3.63, 3.8) is 0 Å². The Morgan fingerprint density at radius 2 is 1.15 bits per heavy atom. The molecule has 0 aromatic heterocycles. The summed E-state index contributed by atoms with van der Waals surface area (Å²) < 4.78 is 5.45. The first-order chi connectivity index (χ1) is 20.2. The third-order valence-electron chi connectivity index (χ3n) is 7.42. The van der Waals surface area contributed by atoms with E-state index in [9.17, 15) is 4.79 Å². The van der Waals surface area contributed by atoms with Gasteiger partial charge in [0, 0.05) is 16.8 Å². The molecule has 2 heterocycles. The number of hydrazine groups is 2. The van der Waals surface area contributed by atoms with E-state index in [1.54, 1.807) is 12.1 Å². The van der Waals surface area contributed by atoms with E-state index >= 15 is 0 Å². The molecule has 2 aliphatic rings. The Hall–Kier alpha value is -5.40. The van der Waals surface area contributed by atoms with Crippen molar-refractivity contribution in [2.24, 2.45) is 5.10 Å². The number of methoxy groups -OCH3 is 1. The van der Waals surface area contributed by atoms with Gasteiger partial charge in [0.15, 0.2) is 0 Å². The van der Waals surface area contributed by atoms with E-state index in [1.807, 2.05) is 149 Å². The topological polar surface area (TPSA) is 51.6 Å². The van der Waals surface area contributed by atoms with Crippen LogP contribution in [0, 0.1) is 0 Å². The van der Waals surface area contributed by atoms with Gasteiger partial charge >= 0.3 is 6.03 Å². The Labute approximate surface area is 238 Å². The first kappa shape index (κ1) is 24.6. The molecule has 7 nitrogen and oxygen atoms in total. The maximum atomic E-state index is 14.9. The highest BCUT2D eigenvalue weighted by Crippen LogP contribution is 2.52. The summed E-state index contributed by atoms with van der Waals surface area (Å²) in [5.74, 6) is 0.709. The van der Waals surface area contributed by atoms with Gasteiger partial charge in [0.25, 0.3) is 0 Å². The van der Waals surface area contributed by atoms with Crippen LogP contribution in [-0.2, 0) is 5.66 Å². The average Bonchev–Trinajstić information content (AvgIpc) is 3.53. The molecule has 7 heteroatoms. The molecule has 41 heavy (non-hydrogen) atoms. The van der Waals surface area contributed by atoms with Gasteiger partial charge in [0.1, 0.15) is 11.5 Å². The lowest BCUT2D eigenvalue weighted by molar-refractivity contribution is 0.191. The molecule has 2 aliphatic heterocycles. The third-order valence-corrected chi connectivity index (χ3v) is 7.42. The highest BCUT2D eigenvalue weighted by atomic mass is 16.5. The maximum Gasteiger partial charge on any atom is 0.347 e. The van der Waals surface area contributed by atoms with E-state index in [4.69, 9.17) is 9.84 Å². The second kappa shape index (κ2) is 9.97. The van der Waals surface area contributed by atoms with Crippen molar-refractivity contribution in [2.75, 3.05) is 22.1 Å². The Bertz CT molecular complexity index is 1700. The zero-order valence-corrected chi connectivity index (χ0v) is 22.4. The van der Waals surface area contributed by atoms with Crippen LogP contribution in [0.2, 0.25) is 0 Å². The normalized spacial score (nSPS) is 18.4. The molecule has 1 unspecified atom stereocenters. The lowest BCUT2D eigenvalue weighted by Gasteiger charge is -2.41. The van der Waals surface area contributed by atoms with Crippen molar-refractivity contribution in [3.05, 3.63) is 157 Å². The van der Waals surface area contributed by atoms with Crippen LogP contribution in [0.3, 0.4) is 0 Å². The van der Waals surface area contributed by atoms with Crippen molar-refractivity contribution in [1.82, 2.24) is 5.12 Å². The van der Waals surface area contributed by atoms with Crippen LogP contribution in [0.4, 0.5) is 21.9 Å². The smallest absolute Gasteiger partial charge is 0.347 e. The summed E-state index contributed by atoms with van der Waals surface area (Å²) in [6.07, 6.45) is 0. The number of hydrogen-bond acceptors (Lipinski definition) is 5. The Morgan fingerprint density at radius 3 is 1.73 bits per heavy atom. The molecule has 0 radical (unpaired) electrons. The number of amides is 2. The third kappa shape index (κ3) is 3.78. The monoisotopic (exact) mass is 537 g/mol. The number of ether oxygens (including phenoxy) is 1. The van der Waals surface area contributed by atoms with Crippen LogP contribution in [-0.4, -0.2) is 24.0 Å². The van der Waals surface area contributed by atoms with Crippen molar-refractivity contribution in [1.29, 1.82) is 0 Å². The van der Waals surface area contributed by atoms with Gasteiger partial charge in [0.05, 0.1) is 18.5 Å². The van der Waals surface area contributed by atoms with Gasteiger partial charge in [-0.15, -0.1) is 0 Å². The number of hydrogen-bond donors (Lipinski definition) is 0. The number of anilines is 3.